The fraction of sp³-hybridized carbons (Fsp3) is 0.176. The molecule has 0 aliphatic heterocycles. The molecule has 0 saturated heterocycles. The summed E-state index contributed by atoms with van der Waals surface area (Å²) in [5.74, 6) is 0.360. The predicted molar refractivity (Wildman–Crippen MR) is 101 cm³/mol. The Morgan fingerprint density at radius 3 is 2.50 bits per heavy atom. The average Bonchev–Trinajstić information content (AvgIpc) is 2.49. The summed E-state index contributed by atoms with van der Waals surface area (Å²) in [6, 6.07) is 8.98. The van der Waals surface area contributed by atoms with E-state index in [2.05, 4.69) is 42.4 Å². The zero-order valence-corrected chi connectivity index (χ0v) is 16.3. The number of hydrazone groups is 1. The number of nitrogens with zero attached hydrogens (tertiary/aromatic N) is 1. The summed E-state index contributed by atoms with van der Waals surface area (Å²) in [6.07, 6.45) is 1.44. The van der Waals surface area contributed by atoms with Crippen LogP contribution in [-0.4, -0.2) is 23.8 Å². The minimum atomic E-state index is -0.372. The SMILES string of the molecule is Cc1cc(C)cc(OCC(=O)NN=Cc2cc(O)c(Br)cc2Br)c1. The van der Waals surface area contributed by atoms with Gasteiger partial charge in [0.25, 0.3) is 5.91 Å². The van der Waals surface area contributed by atoms with E-state index in [1.165, 1.54) is 12.3 Å². The average molecular weight is 456 g/mol. The van der Waals surface area contributed by atoms with Gasteiger partial charge in [0.2, 0.25) is 0 Å². The fourth-order valence-electron chi connectivity index (χ4n) is 2.02. The number of aromatic hydroxyl groups is 1. The number of hydrogen-bond acceptors (Lipinski definition) is 4. The van der Waals surface area contributed by atoms with Gasteiger partial charge in [0.05, 0.1) is 10.7 Å². The first-order chi connectivity index (χ1) is 11.3. The van der Waals surface area contributed by atoms with Gasteiger partial charge in [-0.2, -0.15) is 5.10 Å². The van der Waals surface area contributed by atoms with Crippen LogP contribution in [0.5, 0.6) is 11.5 Å². The van der Waals surface area contributed by atoms with Gasteiger partial charge < -0.3 is 9.84 Å². The van der Waals surface area contributed by atoms with Gasteiger partial charge in [0.15, 0.2) is 6.61 Å². The second-order valence-corrected chi connectivity index (χ2v) is 6.94. The smallest absolute Gasteiger partial charge is 0.277 e. The minimum Gasteiger partial charge on any atom is -0.507 e. The number of benzene rings is 2. The highest BCUT2D eigenvalue weighted by Gasteiger charge is 2.05. The molecule has 0 fully saturated rings. The molecule has 0 aliphatic carbocycles. The summed E-state index contributed by atoms with van der Waals surface area (Å²) in [4.78, 5) is 11.8. The van der Waals surface area contributed by atoms with Gasteiger partial charge in [-0.15, -0.1) is 0 Å². The molecule has 2 N–H and O–H groups in total. The number of hydrogen-bond donors (Lipinski definition) is 2. The van der Waals surface area contributed by atoms with Gasteiger partial charge in [-0.1, -0.05) is 22.0 Å². The monoisotopic (exact) mass is 454 g/mol. The third-order valence-electron chi connectivity index (χ3n) is 3.02. The molecule has 0 radical (unpaired) electrons. The molecule has 126 valence electrons. The van der Waals surface area contributed by atoms with Crippen LogP contribution in [0.15, 0.2) is 44.4 Å². The predicted octanol–water partition coefficient (Wildman–Crippen LogP) is 4.06. The van der Waals surface area contributed by atoms with Crippen LogP contribution in [0.4, 0.5) is 0 Å². The van der Waals surface area contributed by atoms with Gasteiger partial charge in [-0.25, -0.2) is 5.43 Å². The van der Waals surface area contributed by atoms with Crippen LogP contribution in [0.1, 0.15) is 16.7 Å². The lowest BCUT2D eigenvalue weighted by Crippen LogP contribution is -2.24. The lowest BCUT2D eigenvalue weighted by Gasteiger charge is -2.07. The highest BCUT2D eigenvalue weighted by atomic mass is 79.9. The number of rotatable bonds is 5. The Balaban J connectivity index is 1.90. The third-order valence-corrected chi connectivity index (χ3v) is 4.35. The summed E-state index contributed by atoms with van der Waals surface area (Å²) in [5.41, 5.74) is 5.16. The van der Waals surface area contributed by atoms with Crippen molar-refractivity contribution in [1.29, 1.82) is 0 Å². The quantitative estimate of drug-likeness (QED) is 0.527. The number of nitrogens with one attached hydrogen (secondary N) is 1. The van der Waals surface area contributed by atoms with Crippen LogP contribution < -0.4 is 10.2 Å². The molecule has 0 atom stereocenters. The first kappa shape index (κ1) is 18.5. The van der Waals surface area contributed by atoms with Gasteiger partial charge in [-0.05, 0) is 65.2 Å². The number of amides is 1. The number of aryl methyl sites for hydroxylation is 2. The lowest BCUT2D eigenvalue weighted by atomic mass is 10.1. The van der Waals surface area contributed by atoms with Crippen molar-refractivity contribution < 1.29 is 14.6 Å². The van der Waals surface area contributed by atoms with Crippen molar-refractivity contribution in [2.24, 2.45) is 5.10 Å². The Morgan fingerprint density at radius 2 is 1.83 bits per heavy atom. The first-order valence-electron chi connectivity index (χ1n) is 7.06. The molecule has 2 rings (SSSR count). The number of carbonyl (C=O) groups excluding carboxylic acids is 1. The van der Waals surface area contributed by atoms with Gasteiger partial charge in [-0.3, -0.25) is 4.79 Å². The Hall–Kier alpha value is -1.86. The summed E-state index contributed by atoms with van der Waals surface area (Å²) in [5, 5.41) is 13.5. The van der Waals surface area contributed by atoms with E-state index in [0.29, 0.717) is 15.8 Å². The molecule has 5 nitrogen and oxygen atoms in total. The molecule has 0 spiro atoms. The van der Waals surface area contributed by atoms with E-state index in [9.17, 15) is 9.90 Å². The van der Waals surface area contributed by atoms with Crippen molar-refractivity contribution in [3.8, 4) is 11.5 Å². The summed E-state index contributed by atoms with van der Waals surface area (Å²) >= 11 is 6.57. The van der Waals surface area contributed by atoms with E-state index in [1.807, 2.05) is 32.0 Å². The zero-order valence-electron chi connectivity index (χ0n) is 13.1. The van der Waals surface area contributed by atoms with Crippen molar-refractivity contribution in [1.82, 2.24) is 5.43 Å². The number of ether oxygens (including phenoxy) is 1. The summed E-state index contributed by atoms with van der Waals surface area (Å²) in [7, 11) is 0. The Labute approximate surface area is 157 Å². The fourth-order valence-corrected chi connectivity index (χ4v) is 3.12. The molecular formula is C17H16Br2N2O3. The maximum Gasteiger partial charge on any atom is 0.277 e. The van der Waals surface area contributed by atoms with E-state index in [0.717, 1.165) is 15.6 Å². The van der Waals surface area contributed by atoms with Crippen molar-refractivity contribution in [3.63, 3.8) is 0 Å². The zero-order chi connectivity index (χ0) is 17.7. The van der Waals surface area contributed by atoms with E-state index >= 15 is 0 Å². The molecule has 0 aliphatic rings. The van der Waals surface area contributed by atoms with E-state index < -0.39 is 0 Å². The topological polar surface area (TPSA) is 70.9 Å². The molecule has 0 unspecified atom stereocenters. The third kappa shape index (κ3) is 5.35. The van der Waals surface area contributed by atoms with Crippen LogP contribution >= 0.6 is 31.9 Å². The lowest BCUT2D eigenvalue weighted by molar-refractivity contribution is -0.123. The second-order valence-electron chi connectivity index (χ2n) is 5.23. The first-order valence-corrected chi connectivity index (χ1v) is 8.65. The molecule has 0 heterocycles. The van der Waals surface area contributed by atoms with Crippen LogP contribution in [0.25, 0.3) is 0 Å². The Bertz CT molecular complexity index is 771. The molecule has 2 aromatic carbocycles. The maximum absolute atomic E-state index is 11.8. The summed E-state index contributed by atoms with van der Waals surface area (Å²) < 4.78 is 6.75. The van der Waals surface area contributed by atoms with E-state index in [1.54, 1.807) is 6.07 Å². The molecule has 7 heteroatoms. The van der Waals surface area contributed by atoms with Gasteiger partial charge in [0, 0.05) is 10.0 Å². The highest BCUT2D eigenvalue weighted by molar-refractivity contribution is 9.11. The molecular weight excluding hydrogens is 440 g/mol. The molecule has 1 amide bonds. The Kier molecular flexibility index (Phi) is 6.39. The highest BCUT2D eigenvalue weighted by Crippen LogP contribution is 2.29. The molecule has 0 saturated carbocycles. The van der Waals surface area contributed by atoms with E-state index in [-0.39, 0.29) is 18.3 Å². The number of phenolic OH excluding ortho intramolecular Hbond substituents is 1. The van der Waals surface area contributed by atoms with Crippen LogP contribution in [0.2, 0.25) is 0 Å². The van der Waals surface area contributed by atoms with Crippen molar-refractivity contribution >= 4 is 44.0 Å². The molecule has 24 heavy (non-hydrogen) atoms. The van der Waals surface area contributed by atoms with Crippen molar-refractivity contribution in [2.75, 3.05) is 6.61 Å². The normalized spacial score (nSPS) is 10.8. The second kappa shape index (κ2) is 8.30. The van der Waals surface area contributed by atoms with Crippen molar-refractivity contribution in [3.05, 3.63) is 56.0 Å². The van der Waals surface area contributed by atoms with Gasteiger partial charge >= 0.3 is 0 Å². The molecule has 0 aromatic heterocycles. The van der Waals surface area contributed by atoms with E-state index in [4.69, 9.17) is 4.74 Å². The molecule has 0 bridgehead atoms. The largest absolute Gasteiger partial charge is 0.507 e. The minimum absolute atomic E-state index is 0.0872. The van der Waals surface area contributed by atoms with Crippen LogP contribution in [0, 0.1) is 13.8 Å². The van der Waals surface area contributed by atoms with Gasteiger partial charge in [0.1, 0.15) is 11.5 Å². The molecule has 2 aromatic rings. The number of phenols is 1. The number of carbonyl (C=O) groups is 1. The van der Waals surface area contributed by atoms with Crippen molar-refractivity contribution in [2.45, 2.75) is 13.8 Å². The summed E-state index contributed by atoms with van der Waals surface area (Å²) in [6.45, 7) is 3.80. The standard InChI is InChI=1S/C17H16Br2N2O3/c1-10-3-11(2)5-13(4-10)24-9-17(23)21-20-8-12-6-16(22)15(19)7-14(12)18/h3-8,22H,9H2,1-2H3,(H,21,23). The maximum atomic E-state index is 11.8. The van der Waals surface area contributed by atoms with Crippen LogP contribution in [0.3, 0.4) is 0 Å². The number of halogens is 2. The Morgan fingerprint density at radius 1 is 1.17 bits per heavy atom. The van der Waals surface area contributed by atoms with Crippen LogP contribution in [-0.2, 0) is 4.79 Å².